The highest BCUT2D eigenvalue weighted by molar-refractivity contribution is 7.89. The zero-order valence-corrected chi connectivity index (χ0v) is 15.1. The first-order chi connectivity index (χ1) is 12.9. The number of nitrogens with zero attached hydrogens (tertiary/aromatic N) is 2. The van der Waals surface area contributed by atoms with Gasteiger partial charge in [-0.2, -0.15) is 4.31 Å². The molecule has 1 N–H and O–H groups in total. The van der Waals surface area contributed by atoms with Crippen LogP contribution in [0, 0.1) is 15.9 Å². The smallest absolute Gasteiger partial charge is 0.293 e. The lowest BCUT2D eigenvalue weighted by Gasteiger charge is -2.26. The van der Waals surface area contributed by atoms with Crippen LogP contribution in [-0.2, 0) is 21.3 Å². The van der Waals surface area contributed by atoms with Gasteiger partial charge < -0.3 is 10.1 Å². The summed E-state index contributed by atoms with van der Waals surface area (Å²) in [5.74, 6) is -0.431. The average molecular weight is 395 g/mol. The Hall–Kier alpha value is -2.56. The van der Waals surface area contributed by atoms with Crippen LogP contribution in [0.2, 0.25) is 0 Å². The number of nitro benzene ring substituents is 1. The fraction of sp³-hybridized carbons (Fsp3) is 0.294. The third kappa shape index (κ3) is 4.24. The van der Waals surface area contributed by atoms with Crippen molar-refractivity contribution in [3.8, 4) is 0 Å². The van der Waals surface area contributed by atoms with Crippen LogP contribution in [0.1, 0.15) is 5.56 Å². The molecule has 0 bridgehead atoms. The normalized spacial score (nSPS) is 15.4. The van der Waals surface area contributed by atoms with Crippen molar-refractivity contribution in [3.63, 3.8) is 0 Å². The SMILES string of the molecule is O=[N+]([O-])c1cc(S(=O)(=O)N2CCOCC2)ccc1NCc1ccccc1F. The standard InChI is InChI=1S/C17H18FN3O5S/c18-15-4-2-1-3-13(15)12-19-16-6-5-14(11-17(16)21(22)23)27(24,25)20-7-9-26-10-8-20/h1-6,11,19H,7-10,12H2. The minimum absolute atomic E-state index is 0.0308. The first-order valence-electron chi connectivity index (χ1n) is 8.23. The number of sulfonamides is 1. The number of hydrogen-bond donors (Lipinski definition) is 1. The van der Waals surface area contributed by atoms with Gasteiger partial charge >= 0.3 is 0 Å². The highest BCUT2D eigenvalue weighted by atomic mass is 32.2. The molecule has 27 heavy (non-hydrogen) atoms. The van der Waals surface area contributed by atoms with Crippen molar-refractivity contribution in [2.75, 3.05) is 31.6 Å². The minimum Gasteiger partial charge on any atom is -0.379 e. The molecule has 10 heteroatoms. The largest absolute Gasteiger partial charge is 0.379 e. The maximum absolute atomic E-state index is 13.7. The van der Waals surface area contributed by atoms with Gasteiger partial charge in [-0.3, -0.25) is 10.1 Å². The first-order valence-corrected chi connectivity index (χ1v) is 9.67. The second kappa shape index (κ2) is 7.99. The zero-order chi connectivity index (χ0) is 19.4. The van der Waals surface area contributed by atoms with Gasteiger partial charge in [-0.25, -0.2) is 12.8 Å². The molecule has 2 aromatic carbocycles. The van der Waals surface area contributed by atoms with E-state index >= 15 is 0 Å². The molecule has 0 atom stereocenters. The molecule has 1 aliphatic heterocycles. The molecule has 0 saturated carbocycles. The summed E-state index contributed by atoms with van der Waals surface area (Å²) in [5.41, 5.74) is 0.0710. The molecule has 0 aromatic heterocycles. The Morgan fingerprint density at radius 3 is 2.56 bits per heavy atom. The number of hydrogen-bond acceptors (Lipinski definition) is 6. The van der Waals surface area contributed by atoms with Crippen LogP contribution in [-0.4, -0.2) is 43.9 Å². The molecule has 1 heterocycles. The van der Waals surface area contributed by atoms with Crippen LogP contribution >= 0.6 is 0 Å². The van der Waals surface area contributed by atoms with Gasteiger partial charge in [0.2, 0.25) is 10.0 Å². The van der Waals surface area contributed by atoms with E-state index in [1.165, 1.54) is 22.5 Å². The highest BCUT2D eigenvalue weighted by Crippen LogP contribution is 2.29. The lowest BCUT2D eigenvalue weighted by molar-refractivity contribution is -0.384. The van der Waals surface area contributed by atoms with E-state index in [1.807, 2.05) is 0 Å². The van der Waals surface area contributed by atoms with Crippen LogP contribution in [0.4, 0.5) is 15.8 Å². The number of ether oxygens (including phenoxy) is 1. The molecular formula is C17H18FN3O5S. The minimum atomic E-state index is -3.85. The van der Waals surface area contributed by atoms with E-state index in [1.54, 1.807) is 18.2 Å². The highest BCUT2D eigenvalue weighted by Gasteiger charge is 2.28. The summed E-state index contributed by atoms with van der Waals surface area (Å²) in [6.07, 6.45) is 0. The summed E-state index contributed by atoms with van der Waals surface area (Å²) in [4.78, 5) is 10.6. The first kappa shape index (κ1) is 19.2. The van der Waals surface area contributed by atoms with Crippen molar-refractivity contribution in [2.24, 2.45) is 0 Å². The quantitative estimate of drug-likeness (QED) is 0.595. The van der Waals surface area contributed by atoms with E-state index in [0.717, 1.165) is 6.07 Å². The third-order valence-electron chi connectivity index (χ3n) is 4.20. The molecule has 144 valence electrons. The monoisotopic (exact) mass is 395 g/mol. The fourth-order valence-corrected chi connectivity index (χ4v) is 4.17. The second-order valence-electron chi connectivity index (χ2n) is 5.90. The van der Waals surface area contributed by atoms with Crippen LogP contribution in [0.15, 0.2) is 47.4 Å². The van der Waals surface area contributed by atoms with Gasteiger partial charge in [0, 0.05) is 31.3 Å². The summed E-state index contributed by atoms with van der Waals surface area (Å²) < 4.78 is 45.4. The third-order valence-corrected chi connectivity index (χ3v) is 6.10. The summed E-state index contributed by atoms with van der Waals surface area (Å²) in [7, 11) is -3.85. The Labute approximate surface area is 155 Å². The Kier molecular flexibility index (Phi) is 5.68. The maximum Gasteiger partial charge on any atom is 0.293 e. The Morgan fingerprint density at radius 2 is 1.89 bits per heavy atom. The molecule has 0 radical (unpaired) electrons. The second-order valence-corrected chi connectivity index (χ2v) is 7.84. The predicted molar refractivity (Wildman–Crippen MR) is 96.4 cm³/mol. The van der Waals surface area contributed by atoms with Crippen molar-refractivity contribution in [3.05, 3.63) is 64.0 Å². The fourth-order valence-electron chi connectivity index (χ4n) is 2.74. The molecule has 1 fully saturated rings. The van der Waals surface area contributed by atoms with E-state index < -0.39 is 20.8 Å². The number of rotatable bonds is 6. The van der Waals surface area contributed by atoms with Gasteiger partial charge in [-0.05, 0) is 18.2 Å². The number of anilines is 1. The lowest BCUT2D eigenvalue weighted by Crippen LogP contribution is -2.40. The summed E-state index contributed by atoms with van der Waals surface area (Å²) in [5, 5.41) is 14.2. The lowest BCUT2D eigenvalue weighted by atomic mass is 10.2. The van der Waals surface area contributed by atoms with Crippen LogP contribution in [0.3, 0.4) is 0 Å². The Bertz CT molecular complexity index is 945. The molecule has 3 rings (SSSR count). The molecule has 0 amide bonds. The molecule has 1 saturated heterocycles. The van der Waals surface area contributed by atoms with E-state index in [9.17, 15) is 22.9 Å². The van der Waals surface area contributed by atoms with Crippen molar-refractivity contribution in [1.82, 2.24) is 4.31 Å². The van der Waals surface area contributed by atoms with Crippen molar-refractivity contribution in [1.29, 1.82) is 0 Å². The summed E-state index contributed by atoms with van der Waals surface area (Å²) in [6, 6.07) is 9.72. The van der Waals surface area contributed by atoms with Gasteiger partial charge in [-0.15, -0.1) is 0 Å². The predicted octanol–water partition coefficient (Wildman–Crippen LogP) is 2.37. The molecule has 0 aliphatic carbocycles. The Morgan fingerprint density at radius 1 is 1.19 bits per heavy atom. The number of benzene rings is 2. The average Bonchev–Trinajstić information content (AvgIpc) is 2.68. The van der Waals surface area contributed by atoms with Crippen LogP contribution in [0.25, 0.3) is 0 Å². The van der Waals surface area contributed by atoms with E-state index in [2.05, 4.69) is 5.32 Å². The molecule has 0 spiro atoms. The van der Waals surface area contributed by atoms with E-state index in [-0.39, 0.29) is 49.1 Å². The molecule has 8 nitrogen and oxygen atoms in total. The van der Waals surface area contributed by atoms with Crippen LogP contribution in [0.5, 0.6) is 0 Å². The van der Waals surface area contributed by atoms with E-state index in [0.29, 0.717) is 5.56 Å². The van der Waals surface area contributed by atoms with E-state index in [4.69, 9.17) is 4.74 Å². The van der Waals surface area contributed by atoms with Gasteiger partial charge in [0.05, 0.1) is 23.0 Å². The van der Waals surface area contributed by atoms with Crippen LogP contribution < -0.4 is 5.32 Å². The molecule has 1 aliphatic rings. The topological polar surface area (TPSA) is 102 Å². The van der Waals surface area contributed by atoms with Crippen molar-refractivity contribution < 1.29 is 22.5 Å². The van der Waals surface area contributed by atoms with Gasteiger partial charge in [-0.1, -0.05) is 18.2 Å². The summed E-state index contributed by atoms with van der Waals surface area (Å²) in [6.45, 7) is 0.989. The summed E-state index contributed by atoms with van der Waals surface area (Å²) >= 11 is 0. The number of morpholine rings is 1. The molecule has 2 aromatic rings. The van der Waals surface area contributed by atoms with Crippen molar-refractivity contribution >= 4 is 21.4 Å². The maximum atomic E-state index is 13.7. The van der Waals surface area contributed by atoms with Gasteiger partial charge in [0.1, 0.15) is 11.5 Å². The van der Waals surface area contributed by atoms with Gasteiger partial charge in [0.25, 0.3) is 5.69 Å². The molecule has 0 unspecified atom stereocenters. The molecular weight excluding hydrogens is 377 g/mol. The Balaban J connectivity index is 1.86. The number of nitrogens with one attached hydrogen (secondary N) is 1. The number of halogens is 1. The van der Waals surface area contributed by atoms with Crippen molar-refractivity contribution in [2.45, 2.75) is 11.4 Å². The number of nitro groups is 1. The van der Waals surface area contributed by atoms with Gasteiger partial charge in [0.15, 0.2) is 0 Å². The zero-order valence-electron chi connectivity index (χ0n) is 14.3.